The van der Waals surface area contributed by atoms with E-state index in [1.807, 2.05) is 20.8 Å². The molecule has 0 aliphatic carbocycles. The highest BCUT2D eigenvalue weighted by Gasteiger charge is 2.32. The fraction of sp³-hybridized carbons (Fsp3) is 0.500. The highest BCUT2D eigenvalue weighted by atomic mass is 19.4. The Balaban J connectivity index is 3.17. The number of rotatable bonds is 5. The quantitative estimate of drug-likeness (QED) is 0.852. The van der Waals surface area contributed by atoms with Crippen LogP contribution in [0.3, 0.4) is 0 Å². The summed E-state index contributed by atoms with van der Waals surface area (Å²) in [6.07, 6.45) is -3.80. The molecule has 0 saturated heterocycles. The zero-order chi connectivity index (χ0) is 15.5. The third-order valence-corrected chi connectivity index (χ3v) is 3.16. The van der Waals surface area contributed by atoms with Crippen LogP contribution in [-0.4, -0.2) is 17.1 Å². The minimum absolute atomic E-state index is 0.00448. The first-order valence-corrected chi connectivity index (χ1v) is 6.37. The molecule has 1 rings (SSSR count). The molecular formula is C14H18F3NO2. The van der Waals surface area contributed by atoms with Crippen LogP contribution in [0, 0.1) is 5.92 Å². The molecule has 0 amide bonds. The number of aromatic carboxylic acids is 1. The number of nitrogens with one attached hydrogen (secondary N) is 1. The summed E-state index contributed by atoms with van der Waals surface area (Å²) < 4.78 is 37.8. The van der Waals surface area contributed by atoms with Crippen LogP contribution < -0.4 is 5.32 Å². The molecule has 0 aliphatic rings. The van der Waals surface area contributed by atoms with Crippen molar-refractivity contribution < 1.29 is 23.1 Å². The van der Waals surface area contributed by atoms with Gasteiger partial charge in [0.05, 0.1) is 11.1 Å². The minimum Gasteiger partial charge on any atom is -0.478 e. The maximum Gasteiger partial charge on any atom is 0.416 e. The molecule has 0 aromatic heterocycles. The van der Waals surface area contributed by atoms with E-state index in [0.717, 1.165) is 12.5 Å². The SMILES string of the molecule is CCC(Nc1ccc(C(F)(F)F)cc1C(=O)O)C(C)C. The number of alkyl halides is 3. The highest BCUT2D eigenvalue weighted by molar-refractivity contribution is 5.94. The summed E-state index contributed by atoms with van der Waals surface area (Å²) >= 11 is 0. The number of benzene rings is 1. The van der Waals surface area contributed by atoms with Gasteiger partial charge in [0.2, 0.25) is 0 Å². The van der Waals surface area contributed by atoms with Gasteiger partial charge < -0.3 is 10.4 Å². The van der Waals surface area contributed by atoms with E-state index < -0.39 is 17.7 Å². The molecular weight excluding hydrogens is 271 g/mol. The summed E-state index contributed by atoms with van der Waals surface area (Å²) in [4.78, 5) is 11.1. The van der Waals surface area contributed by atoms with Gasteiger partial charge in [0, 0.05) is 11.7 Å². The van der Waals surface area contributed by atoms with Crippen molar-refractivity contribution in [2.45, 2.75) is 39.4 Å². The summed E-state index contributed by atoms with van der Waals surface area (Å²) in [5.41, 5.74) is -1.11. The Hall–Kier alpha value is -1.72. The van der Waals surface area contributed by atoms with Gasteiger partial charge in [-0.15, -0.1) is 0 Å². The van der Waals surface area contributed by atoms with Crippen molar-refractivity contribution >= 4 is 11.7 Å². The van der Waals surface area contributed by atoms with E-state index in [4.69, 9.17) is 5.11 Å². The fourth-order valence-electron chi connectivity index (χ4n) is 1.96. The van der Waals surface area contributed by atoms with E-state index in [2.05, 4.69) is 5.32 Å². The number of hydrogen-bond donors (Lipinski definition) is 2. The number of halogens is 3. The molecule has 2 N–H and O–H groups in total. The van der Waals surface area contributed by atoms with Crippen molar-refractivity contribution in [1.29, 1.82) is 0 Å². The zero-order valence-electron chi connectivity index (χ0n) is 11.6. The molecule has 0 spiro atoms. The van der Waals surface area contributed by atoms with Crippen LogP contribution in [0.1, 0.15) is 43.1 Å². The van der Waals surface area contributed by atoms with Gasteiger partial charge in [-0.2, -0.15) is 13.2 Å². The van der Waals surface area contributed by atoms with E-state index in [0.29, 0.717) is 6.07 Å². The maximum atomic E-state index is 12.6. The predicted molar refractivity (Wildman–Crippen MR) is 70.9 cm³/mol. The first kappa shape index (κ1) is 16.3. The second-order valence-corrected chi connectivity index (χ2v) is 4.97. The van der Waals surface area contributed by atoms with Crippen LogP contribution >= 0.6 is 0 Å². The summed E-state index contributed by atoms with van der Waals surface area (Å²) in [5, 5.41) is 12.1. The Morgan fingerprint density at radius 2 is 1.95 bits per heavy atom. The predicted octanol–water partition coefficient (Wildman–Crippen LogP) is 4.25. The summed E-state index contributed by atoms with van der Waals surface area (Å²) in [6, 6.07) is 2.74. The second kappa shape index (κ2) is 6.15. The number of carboxylic acids is 1. The monoisotopic (exact) mass is 289 g/mol. The van der Waals surface area contributed by atoms with E-state index in [-0.39, 0.29) is 23.2 Å². The molecule has 3 nitrogen and oxygen atoms in total. The van der Waals surface area contributed by atoms with Crippen LogP contribution in [0.15, 0.2) is 18.2 Å². The van der Waals surface area contributed by atoms with Crippen LogP contribution in [0.25, 0.3) is 0 Å². The van der Waals surface area contributed by atoms with E-state index in [1.165, 1.54) is 6.07 Å². The lowest BCUT2D eigenvalue weighted by Gasteiger charge is -2.23. The molecule has 0 bridgehead atoms. The highest BCUT2D eigenvalue weighted by Crippen LogP contribution is 2.32. The zero-order valence-corrected chi connectivity index (χ0v) is 11.6. The number of carboxylic acid groups (broad SMARTS) is 1. The normalized spacial score (nSPS) is 13.3. The van der Waals surface area contributed by atoms with Gasteiger partial charge in [-0.05, 0) is 30.5 Å². The summed E-state index contributed by atoms with van der Waals surface area (Å²) in [6.45, 7) is 5.86. The minimum atomic E-state index is -4.55. The third-order valence-electron chi connectivity index (χ3n) is 3.16. The average Bonchev–Trinajstić information content (AvgIpc) is 2.34. The van der Waals surface area contributed by atoms with Gasteiger partial charge in [-0.3, -0.25) is 0 Å². The first-order valence-electron chi connectivity index (χ1n) is 6.37. The molecule has 1 aromatic rings. The number of hydrogen-bond acceptors (Lipinski definition) is 2. The maximum absolute atomic E-state index is 12.6. The van der Waals surface area contributed by atoms with Gasteiger partial charge in [0.25, 0.3) is 0 Å². The molecule has 1 unspecified atom stereocenters. The van der Waals surface area contributed by atoms with Crippen LogP contribution in [0.4, 0.5) is 18.9 Å². The molecule has 0 aliphatic heterocycles. The standard InChI is InChI=1S/C14H18F3NO2/c1-4-11(8(2)3)18-12-6-5-9(14(15,16)17)7-10(12)13(19)20/h5-8,11,18H,4H2,1-3H3,(H,19,20). The van der Waals surface area contributed by atoms with Crippen LogP contribution in [0.2, 0.25) is 0 Å². The summed E-state index contributed by atoms with van der Waals surface area (Å²) in [5.74, 6) is -1.14. The molecule has 6 heteroatoms. The van der Waals surface area contributed by atoms with Gasteiger partial charge in [0.15, 0.2) is 0 Å². The first-order chi connectivity index (χ1) is 9.16. The van der Waals surface area contributed by atoms with Crippen LogP contribution in [0.5, 0.6) is 0 Å². The van der Waals surface area contributed by atoms with Crippen molar-refractivity contribution in [3.05, 3.63) is 29.3 Å². The third kappa shape index (κ3) is 3.88. The van der Waals surface area contributed by atoms with Gasteiger partial charge in [-0.1, -0.05) is 20.8 Å². The van der Waals surface area contributed by atoms with Crippen LogP contribution in [-0.2, 0) is 6.18 Å². The second-order valence-electron chi connectivity index (χ2n) is 4.97. The molecule has 0 heterocycles. The van der Waals surface area contributed by atoms with Crippen molar-refractivity contribution in [2.24, 2.45) is 5.92 Å². The average molecular weight is 289 g/mol. The van der Waals surface area contributed by atoms with E-state index in [1.54, 1.807) is 0 Å². The topological polar surface area (TPSA) is 49.3 Å². The van der Waals surface area contributed by atoms with Crippen molar-refractivity contribution in [1.82, 2.24) is 0 Å². The van der Waals surface area contributed by atoms with Gasteiger partial charge in [-0.25, -0.2) is 4.79 Å². The van der Waals surface area contributed by atoms with Crippen molar-refractivity contribution in [3.63, 3.8) is 0 Å². The molecule has 112 valence electrons. The van der Waals surface area contributed by atoms with Gasteiger partial charge >= 0.3 is 12.1 Å². The molecule has 1 aromatic carbocycles. The molecule has 0 fully saturated rings. The summed E-state index contributed by atoms with van der Waals surface area (Å²) in [7, 11) is 0. The number of carbonyl (C=O) groups is 1. The fourth-order valence-corrected chi connectivity index (χ4v) is 1.96. The largest absolute Gasteiger partial charge is 0.478 e. The Bertz CT molecular complexity index is 484. The lowest BCUT2D eigenvalue weighted by Crippen LogP contribution is -2.26. The lowest BCUT2D eigenvalue weighted by molar-refractivity contribution is -0.137. The van der Waals surface area contributed by atoms with Gasteiger partial charge in [0.1, 0.15) is 0 Å². The Morgan fingerprint density at radius 3 is 2.35 bits per heavy atom. The Morgan fingerprint density at radius 1 is 1.35 bits per heavy atom. The Labute approximate surface area is 115 Å². The lowest BCUT2D eigenvalue weighted by atomic mass is 10.00. The molecule has 0 radical (unpaired) electrons. The number of anilines is 1. The Kier molecular flexibility index (Phi) is 5.03. The van der Waals surface area contributed by atoms with E-state index >= 15 is 0 Å². The molecule has 0 saturated carbocycles. The van der Waals surface area contributed by atoms with E-state index in [9.17, 15) is 18.0 Å². The van der Waals surface area contributed by atoms with Crippen molar-refractivity contribution in [3.8, 4) is 0 Å². The molecule has 20 heavy (non-hydrogen) atoms. The van der Waals surface area contributed by atoms with Crippen molar-refractivity contribution in [2.75, 3.05) is 5.32 Å². The smallest absolute Gasteiger partial charge is 0.416 e. The molecule has 1 atom stereocenters.